The molecular formula is C10H14N6O. The Labute approximate surface area is 97.3 Å². The molecule has 7 nitrogen and oxygen atoms in total. The molecule has 17 heavy (non-hydrogen) atoms. The Morgan fingerprint density at radius 2 is 2.41 bits per heavy atom. The van der Waals surface area contributed by atoms with Crippen LogP contribution in [0.15, 0.2) is 17.2 Å². The van der Waals surface area contributed by atoms with Crippen molar-refractivity contribution in [3.8, 4) is 0 Å². The van der Waals surface area contributed by atoms with Gasteiger partial charge < -0.3 is 10.6 Å². The molecule has 2 aromatic rings. The van der Waals surface area contributed by atoms with Crippen molar-refractivity contribution in [1.29, 1.82) is 0 Å². The van der Waals surface area contributed by atoms with Gasteiger partial charge in [0, 0.05) is 31.5 Å². The molecule has 3 rings (SSSR count). The van der Waals surface area contributed by atoms with E-state index in [-0.39, 0.29) is 11.7 Å². The first-order valence-electron chi connectivity index (χ1n) is 5.68. The minimum Gasteiger partial charge on any atom is -0.352 e. The highest BCUT2D eigenvalue weighted by Gasteiger charge is 2.20. The maximum absolute atomic E-state index is 11.5. The minimum atomic E-state index is -0.245. The van der Waals surface area contributed by atoms with Crippen LogP contribution in [0.5, 0.6) is 0 Å². The van der Waals surface area contributed by atoms with E-state index in [2.05, 4.69) is 20.1 Å². The predicted octanol–water partition coefficient (Wildman–Crippen LogP) is -0.655. The number of aromatic amines is 1. The molecule has 0 saturated carbocycles. The third-order valence-electron chi connectivity index (χ3n) is 3.07. The van der Waals surface area contributed by atoms with Crippen LogP contribution in [0, 0.1) is 0 Å². The summed E-state index contributed by atoms with van der Waals surface area (Å²) < 4.78 is 1.46. The zero-order valence-electron chi connectivity index (χ0n) is 9.33. The first-order chi connectivity index (χ1) is 8.25. The number of rotatable bonds is 1. The van der Waals surface area contributed by atoms with Crippen LogP contribution in [-0.4, -0.2) is 38.7 Å². The molecule has 0 spiro atoms. The second-order valence-corrected chi connectivity index (χ2v) is 4.32. The van der Waals surface area contributed by atoms with Gasteiger partial charge >= 0.3 is 5.69 Å². The second kappa shape index (κ2) is 3.85. The fourth-order valence-electron chi connectivity index (χ4n) is 2.25. The molecule has 1 saturated heterocycles. The Balaban J connectivity index is 2.07. The van der Waals surface area contributed by atoms with Gasteiger partial charge in [-0.15, -0.1) is 5.10 Å². The quantitative estimate of drug-likeness (QED) is 0.683. The molecule has 0 aromatic carbocycles. The van der Waals surface area contributed by atoms with Crippen molar-refractivity contribution in [1.82, 2.24) is 19.6 Å². The average molecular weight is 234 g/mol. The molecule has 1 aliphatic heterocycles. The molecule has 0 amide bonds. The van der Waals surface area contributed by atoms with Gasteiger partial charge in [-0.2, -0.15) is 0 Å². The van der Waals surface area contributed by atoms with Crippen molar-refractivity contribution >= 4 is 11.5 Å². The summed E-state index contributed by atoms with van der Waals surface area (Å²) in [5.74, 6) is 0.723. The summed E-state index contributed by atoms with van der Waals surface area (Å²) in [4.78, 5) is 17.8. The van der Waals surface area contributed by atoms with Crippen LogP contribution in [0.2, 0.25) is 0 Å². The summed E-state index contributed by atoms with van der Waals surface area (Å²) in [7, 11) is 0. The SMILES string of the molecule is NC1CCCN(c2nccn3c(=O)[nH]nc23)C1. The summed E-state index contributed by atoms with van der Waals surface area (Å²) in [6.07, 6.45) is 5.29. The number of H-pyrrole nitrogens is 1. The molecule has 1 fully saturated rings. The molecule has 3 N–H and O–H groups in total. The molecule has 0 radical (unpaired) electrons. The molecule has 0 aliphatic carbocycles. The topological polar surface area (TPSA) is 92.3 Å². The van der Waals surface area contributed by atoms with Crippen LogP contribution in [0.4, 0.5) is 5.82 Å². The van der Waals surface area contributed by atoms with E-state index in [1.165, 1.54) is 4.40 Å². The van der Waals surface area contributed by atoms with E-state index in [0.717, 1.165) is 31.7 Å². The molecule has 0 bridgehead atoms. The lowest BCUT2D eigenvalue weighted by molar-refractivity contribution is 0.503. The van der Waals surface area contributed by atoms with Crippen molar-refractivity contribution in [2.45, 2.75) is 18.9 Å². The largest absolute Gasteiger partial charge is 0.352 e. The van der Waals surface area contributed by atoms with Crippen LogP contribution < -0.4 is 16.3 Å². The number of anilines is 1. The molecular weight excluding hydrogens is 220 g/mol. The van der Waals surface area contributed by atoms with E-state index in [1.54, 1.807) is 12.4 Å². The summed E-state index contributed by atoms with van der Waals surface area (Å²) in [5.41, 5.74) is 6.26. The van der Waals surface area contributed by atoms with Gasteiger partial charge in [-0.3, -0.25) is 0 Å². The molecule has 1 atom stereocenters. The van der Waals surface area contributed by atoms with Gasteiger partial charge in [0.2, 0.25) is 5.65 Å². The monoisotopic (exact) mass is 234 g/mol. The summed E-state index contributed by atoms with van der Waals surface area (Å²) >= 11 is 0. The Morgan fingerprint density at radius 3 is 3.24 bits per heavy atom. The molecule has 1 unspecified atom stereocenters. The van der Waals surface area contributed by atoms with E-state index in [0.29, 0.717) is 5.65 Å². The lowest BCUT2D eigenvalue weighted by atomic mass is 10.1. The van der Waals surface area contributed by atoms with Crippen LogP contribution in [0.25, 0.3) is 5.65 Å². The zero-order chi connectivity index (χ0) is 11.8. The summed E-state index contributed by atoms with van der Waals surface area (Å²) in [5, 5.41) is 6.43. The highest BCUT2D eigenvalue weighted by Crippen LogP contribution is 2.19. The molecule has 1 aliphatic rings. The standard InChI is InChI=1S/C10H14N6O/c11-7-2-1-4-15(6-7)8-9-13-14-10(17)16(9)5-3-12-8/h3,5,7H,1-2,4,6,11H2,(H,14,17). The Bertz CT molecular complexity index is 588. The third kappa shape index (κ3) is 1.68. The van der Waals surface area contributed by atoms with Crippen LogP contribution in [0.3, 0.4) is 0 Å². The molecule has 90 valence electrons. The molecule has 3 heterocycles. The lowest BCUT2D eigenvalue weighted by Gasteiger charge is -2.31. The first kappa shape index (κ1) is 10.3. The highest BCUT2D eigenvalue weighted by molar-refractivity contribution is 5.63. The number of hydrogen-bond acceptors (Lipinski definition) is 5. The van der Waals surface area contributed by atoms with Gasteiger partial charge in [-0.25, -0.2) is 19.3 Å². The summed E-state index contributed by atoms with van der Waals surface area (Å²) in [6, 6.07) is 0.163. The lowest BCUT2D eigenvalue weighted by Crippen LogP contribution is -2.43. The van der Waals surface area contributed by atoms with Gasteiger partial charge in [0.05, 0.1) is 0 Å². The smallest absolute Gasteiger partial charge is 0.347 e. The van der Waals surface area contributed by atoms with E-state index in [9.17, 15) is 4.79 Å². The fourth-order valence-corrected chi connectivity index (χ4v) is 2.25. The van der Waals surface area contributed by atoms with Crippen molar-refractivity contribution in [2.75, 3.05) is 18.0 Å². The van der Waals surface area contributed by atoms with Crippen LogP contribution >= 0.6 is 0 Å². The fraction of sp³-hybridized carbons (Fsp3) is 0.500. The maximum Gasteiger partial charge on any atom is 0.347 e. The number of aromatic nitrogens is 4. The van der Waals surface area contributed by atoms with E-state index in [4.69, 9.17) is 5.73 Å². The first-order valence-corrected chi connectivity index (χ1v) is 5.68. The van der Waals surface area contributed by atoms with Crippen LogP contribution in [0.1, 0.15) is 12.8 Å². The second-order valence-electron chi connectivity index (χ2n) is 4.32. The Hall–Kier alpha value is -1.89. The van der Waals surface area contributed by atoms with Gasteiger partial charge in [0.1, 0.15) is 0 Å². The van der Waals surface area contributed by atoms with E-state index < -0.39 is 0 Å². The Kier molecular flexibility index (Phi) is 2.32. The number of hydrogen-bond donors (Lipinski definition) is 2. The van der Waals surface area contributed by atoms with Gasteiger partial charge in [0.25, 0.3) is 0 Å². The number of nitrogens with one attached hydrogen (secondary N) is 1. The van der Waals surface area contributed by atoms with E-state index >= 15 is 0 Å². The Morgan fingerprint density at radius 1 is 1.53 bits per heavy atom. The summed E-state index contributed by atoms with van der Waals surface area (Å²) in [6.45, 7) is 1.66. The number of nitrogens with zero attached hydrogens (tertiary/aromatic N) is 4. The maximum atomic E-state index is 11.5. The van der Waals surface area contributed by atoms with Crippen molar-refractivity contribution < 1.29 is 0 Å². The predicted molar refractivity (Wildman–Crippen MR) is 63.0 cm³/mol. The third-order valence-corrected chi connectivity index (χ3v) is 3.07. The van der Waals surface area contributed by atoms with Gasteiger partial charge in [0.15, 0.2) is 5.82 Å². The van der Waals surface area contributed by atoms with Crippen molar-refractivity contribution in [3.05, 3.63) is 22.9 Å². The normalized spacial score (nSPS) is 21.0. The number of fused-ring (bicyclic) bond motifs is 1. The number of piperidine rings is 1. The van der Waals surface area contributed by atoms with E-state index in [1.807, 2.05) is 0 Å². The molecule has 2 aromatic heterocycles. The van der Waals surface area contributed by atoms with Gasteiger partial charge in [-0.05, 0) is 12.8 Å². The van der Waals surface area contributed by atoms with Crippen molar-refractivity contribution in [2.24, 2.45) is 5.73 Å². The van der Waals surface area contributed by atoms with Crippen molar-refractivity contribution in [3.63, 3.8) is 0 Å². The van der Waals surface area contributed by atoms with Crippen LogP contribution in [-0.2, 0) is 0 Å². The minimum absolute atomic E-state index is 0.163. The average Bonchev–Trinajstić information content (AvgIpc) is 2.71. The number of nitrogens with two attached hydrogens (primary N) is 1. The zero-order valence-corrected chi connectivity index (χ0v) is 9.33. The molecule has 7 heteroatoms. The highest BCUT2D eigenvalue weighted by atomic mass is 16.1. The van der Waals surface area contributed by atoms with Gasteiger partial charge in [-0.1, -0.05) is 0 Å².